The Morgan fingerprint density at radius 3 is 2.25 bits per heavy atom. The number of hydrogen-bond donors (Lipinski definition) is 1. The van der Waals surface area contributed by atoms with Crippen LogP contribution >= 0.6 is 27.5 Å². The van der Waals surface area contributed by atoms with E-state index in [2.05, 4.69) is 21.2 Å². The summed E-state index contributed by atoms with van der Waals surface area (Å²) in [6, 6.07) is 19.1. The third kappa shape index (κ3) is 6.66. The summed E-state index contributed by atoms with van der Waals surface area (Å²) < 4.78 is 29.2. The predicted molar refractivity (Wildman–Crippen MR) is 145 cm³/mol. The Morgan fingerprint density at radius 2 is 1.67 bits per heavy atom. The second kappa shape index (κ2) is 11.9. The number of carbonyl (C=O) groups is 2. The molecule has 3 rings (SSSR count). The van der Waals surface area contributed by atoms with Gasteiger partial charge in [-0.1, -0.05) is 57.4 Å². The van der Waals surface area contributed by atoms with Gasteiger partial charge in [0.25, 0.3) is 10.0 Å². The van der Waals surface area contributed by atoms with Crippen molar-refractivity contribution in [3.05, 3.63) is 93.4 Å². The Hall–Kier alpha value is -2.88. The molecule has 0 spiro atoms. The quantitative estimate of drug-likeness (QED) is 0.388. The number of benzene rings is 3. The fraction of sp³-hybridized carbons (Fsp3) is 0.231. The van der Waals surface area contributed by atoms with Crippen molar-refractivity contribution in [3.63, 3.8) is 0 Å². The van der Waals surface area contributed by atoms with E-state index in [1.807, 2.05) is 31.2 Å². The van der Waals surface area contributed by atoms with Crippen LogP contribution in [-0.4, -0.2) is 44.8 Å². The molecule has 1 unspecified atom stereocenters. The molecule has 0 saturated heterocycles. The minimum atomic E-state index is -4.12. The Labute approximate surface area is 225 Å². The fourth-order valence-electron chi connectivity index (χ4n) is 3.60. The lowest BCUT2D eigenvalue weighted by Gasteiger charge is -2.31. The lowest BCUT2D eigenvalue weighted by atomic mass is 10.1. The van der Waals surface area contributed by atoms with Gasteiger partial charge in [-0.25, -0.2) is 8.42 Å². The number of rotatable bonds is 9. The summed E-state index contributed by atoms with van der Waals surface area (Å²) in [7, 11) is -2.63. The van der Waals surface area contributed by atoms with Crippen LogP contribution in [0, 0.1) is 6.92 Å². The van der Waals surface area contributed by atoms with Gasteiger partial charge in [0.2, 0.25) is 11.8 Å². The molecule has 0 bridgehead atoms. The van der Waals surface area contributed by atoms with Crippen molar-refractivity contribution in [1.29, 1.82) is 0 Å². The Kier molecular flexibility index (Phi) is 9.16. The second-order valence-electron chi connectivity index (χ2n) is 8.24. The number of sulfonamides is 1. The van der Waals surface area contributed by atoms with Crippen LogP contribution in [0.5, 0.6) is 0 Å². The largest absolute Gasteiger partial charge is 0.357 e. The van der Waals surface area contributed by atoms with Gasteiger partial charge in [-0.3, -0.25) is 13.9 Å². The van der Waals surface area contributed by atoms with Gasteiger partial charge in [0, 0.05) is 23.1 Å². The first-order valence-electron chi connectivity index (χ1n) is 11.1. The molecular weight excluding hydrogens is 566 g/mol. The highest BCUT2D eigenvalue weighted by Crippen LogP contribution is 2.26. The molecule has 7 nitrogen and oxygen atoms in total. The molecule has 36 heavy (non-hydrogen) atoms. The fourth-order valence-corrected chi connectivity index (χ4v) is 5.58. The van der Waals surface area contributed by atoms with Gasteiger partial charge < -0.3 is 10.2 Å². The highest BCUT2D eigenvalue weighted by molar-refractivity contribution is 9.10. The molecule has 0 aliphatic heterocycles. The average Bonchev–Trinajstić information content (AvgIpc) is 2.85. The van der Waals surface area contributed by atoms with Crippen LogP contribution < -0.4 is 9.62 Å². The SMILES string of the molecule is CNC(=O)C(C)N(Cc1cccc(Br)c1)C(=O)CN(c1ccc(C)cc1)S(=O)(=O)c1ccc(Cl)cc1. The summed E-state index contributed by atoms with van der Waals surface area (Å²) >= 11 is 9.38. The summed E-state index contributed by atoms with van der Waals surface area (Å²) in [4.78, 5) is 27.6. The van der Waals surface area contributed by atoms with E-state index in [-0.39, 0.29) is 17.3 Å². The van der Waals surface area contributed by atoms with Crippen LogP contribution in [-0.2, 0) is 26.2 Å². The number of nitrogens with one attached hydrogen (secondary N) is 1. The molecule has 0 fully saturated rings. The van der Waals surface area contributed by atoms with Gasteiger partial charge in [0.15, 0.2) is 0 Å². The molecule has 2 amide bonds. The zero-order valence-electron chi connectivity index (χ0n) is 20.1. The molecule has 0 heterocycles. The molecule has 0 saturated carbocycles. The molecule has 0 aromatic heterocycles. The Morgan fingerprint density at radius 1 is 1.03 bits per heavy atom. The molecule has 3 aromatic rings. The molecular formula is C26H27BrClN3O4S. The maximum atomic E-state index is 13.7. The van der Waals surface area contributed by atoms with E-state index in [1.54, 1.807) is 31.2 Å². The molecule has 10 heteroatoms. The molecule has 0 aliphatic rings. The molecule has 0 radical (unpaired) electrons. The highest BCUT2D eigenvalue weighted by atomic mass is 79.9. The minimum absolute atomic E-state index is 0.00170. The lowest BCUT2D eigenvalue weighted by Crippen LogP contribution is -2.50. The molecule has 0 aliphatic carbocycles. The van der Waals surface area contributed by atoms with Crippen LogP contribution in [0.3, 0.4) is 0 Å². The van der Waals surface area contributed by atoms with Crippen LogP contribution in [0.25, 0.3) is 0 Å². The first-order chi connectivity index (χ1) is 17.0. The van der Waals surface area contributed by atoms with Gasteiger partial charge >= 0.3 is 0 Å². The van der Waals surface area contributed by atoms with Crippen LogP contribution in [0.15, 0.2) is 82.2 Å². The summed E-state index contributed by atoms with van der Waals surface area (Å²) in [5.41, 5.74) is 2.06. The summed E-state index contributed by atoms with van der Waals surface area (Å²) in [6.07, 6.45) is 0. The Balaban J connectivity index is 2.02. The number of likely N-dealkylation sites (N-methyl/N-ethyl adjacent to an activating group) is 1. The molecule has 1 N–H and O–H groups in total. The standard InChI is InChI=1S/C26H27BrClN3O4S/c1-18-7-11-23(12-8-18)31(36(34,35)24-13-9-22(28)10-14-24)17-25(32)30(19(2)26(33)29-3)16-20-5-4-6-21(27)15-20/h4-15,19H,16-17H2,1-3H3,(H,29,33). The van der Waals surface area contributed by atoms with E-state index in [4.69, 9.17) is 11.6 Å². The third-order valence-corrected chi connectivity index (χ3v) is 8.19. The van der Waals surface area contributed by atoms with Crippen molar-refractivity contribution in [3.8, 4) is 0 Å². The van der Waals surface area contributed by atoms with Gasteiger partial charge in [-0.15, -0.1) is 0 Å². The van der Waals surface area contributed by atoms with Crippen LogP contribution in [0.2, 0.25) is 5.02 Å². The van der Waals surface area contributed by atoms with Crippen LogP contribution in [0.4, 0.5) is 5.69 Å². The van der Waals surface area contributed by atoms with E-state index in [0.29, 0.717) is 10.7 Å². The zero-order chi connectivity index (χ0) is 26.5. The number of amides is 2. The molecule has 190 valence electrons. The van der Waals surface area contributed by atoms with Gasteiger partial charge in [-0.05, 0) is 67.9 Å². The van der Waals surface area contributed by atoms with E-state index < -0.39 is 28.5 Å². The van der Waals surface area contributed by atoms with Gasteiger partial charge in [-0.2, -0.15) is 0 Å². The van der Waals surface area contributed by atoms with Crippen molar-refractivity contribution in [2.24, 2.45) is 0 Å². The van der Waals surface area contributed by atoms with Crippen molar-refractivity contribution in [1.82, 2.24) is 10.2 Å². The zero-order valence-corrected chi connectivity index (χ0v) is 23.3. The first kappa shape index (κ1) is 27.7. The number of carbonyl (C=O) groups excluding carboxylic acids is 2. The Bertz CT molecular complexity index is 1330. The smallest absolute Gasteiger partial charge is 0.264 e. The van der Waals surface area contributed by atoms with E-state index in [9.17, 15) is 18.0 Å². The number of aryl methyl sites for hydroxylation is 1. The maximum Gasteiger partial charge on any atom is 0.264 e. The number of hydrogen-bond acceptors (Lipinski definition) is 4. The average molecular weight is 593 g/mol. The maximum absolute atomic E-state index is 13.7. The van der Waals surface area contributed by atoms with Gasteiger partial charge in [0.05, 0.1) is 10.6 Å². The van der Waals surface area contributed by atoms with E-state index in [0.717, 1.165) is 19.9 Å². The lowest BCUT2D eigenvalue weighted by molar-refractivity contribution is -0.139. The molecule has 1 atom stereocenters. The van der Waals surface area contributed by atoms with E-state index >= 15 is 0 Å². The second-order valence-corrected chi connectivity index (χ2v) is 11.5. The number of anilines is 1. The third-order valence-electron chi connectivity index (χ3n) is 5.66. The van der Waals surface area contributed by atoms with Crippen molar-refractivity contribution in [2.75, 3.05) is 17.9 Å². The normalized spacial score (nSPS) is 12.0. The highest BCUT2D eigenvalue weighted by Gasteiger charge is 2.32. The topological polar surface area (TPSA) is 86.8 Å². The number of halogens is 2. The monoisotopic (exact) mass is 591 g/mol. The van der Waals surface area contributed by atoms with Gasteiger partial charge in [0.1, 0.15) is 12.6 Å². The van der Waals surface area contributed by atoms with Crippen LogP contribution in [0.1, 0.15) is 18.1 Å². The van der Waals surface area contributed by atoms with Crippen molar-refractivity contribution < 1.29 is 18.0 Å². The summed E-state index contributed by atoms with van der Waals surface area (Å²) in [6.45, 7) is 3.12. The summed E-state index contributed by atoms with van der Waals surface area (Å²) in [5, 5.41) is 2.96. The summed E-state index contributed by atoms with van der Waals surface area (Å²) in [5.74, 6) is -0.884. The van der Waals surface area contributed by atoms with Crippen molar-refractivity contribution in [2.45, 2.75) is 31.3 Å². The molecule has 3 aromatic carbocycles. The minimum Gasteiger partial charge on any atom is -0.357 e. The predicted octanol–water partition coefficient (Wildman–Crippen LogP) is 4.77. The van der Waals surface area contributed by atoms with Crippen molar-refractivity contribution >= 4 is 55.1 Å². The number of nitrogens with zero attached hydrogens (tertiary/aromatic N) is 2. The van der Waals surface area contributed by atoms with E-state index in [1.165, 1.54) is 36.2 Å². The first-order valence-corrected chi connectivity index (χ1v) is 13.7.